The van der Waals surface area contributed by atoms with Crippen LogP contribution in [0.3, 0.4) is 0 Å². The summed E-state index contributed by atoms with van der Waals surface area (Å²) in [5, 5.41) is 4.65. The Kier molecular flexibility index (Phi) is 3.23. The first kappa shape index (κ1) is 13.0. The standard InChI is InChI=1S/C14H11N3O4/c18-12-4-5-13(19)17(12)21-14(20)16-11-3-1-2-9-8-15-7-6-10(9)11/h1-3,6-8H,4-5H2,(H,16,20). The summed E-state index contributed by atoms with van der Waals surface area (Å²) in [4.78, 5) is 43.3. The van der Waals surface area contributed by atoms with Crippen LogP contribution in [0.25, 0.3) is 10.8 Å². The SMILES string of the molecule is O=C(Nc1cccc2cnccc12)ON1C(=O)CCC1=O. The number of nitrogens with one attached hydrogen (secondary N) is 1. The number of imide groups is 1. The molecule has 1 saturated heterocycles. The van der Waals surface area contributed by atoms with Crippen LogP contribution in [-0.2, 0) is 14.4 Å². The van der Waals surface area contributed by atoms with E-state index in [2.05, 4.69) is 10.3 Å². The zero-order chi connectivity index (χ0) is 14.8. The number of hydrogen-bond donors (Lipinski definition) is 1. The van der Waals surface area contributed by atoms with E-state index in [0.717, 1.165) is 10.8 Å². The molecule has 0 bridgehead atoms. The molecule has 0 spiro atoms. The lowest BCUT2D eigenvalue weighted by Crippen LogP contribution is -2.33. The molecule has 7 nitrogen and oxygen atoms in total. The van der Waals surface area contributed by atoms with Gasteiger partial charge in [0.1, 0.15) is 0 Å². The predicted molar refractivity (Wildman–Crippen MR) is 72.9 cm³/mol. The Morgan fingerprint density at radius 1 is 1.19 bits per heavy atom. The Bertz CT molecular complexity index is 723. The molecule has 0 aliphatic carbocycles. The van der Waals surface area contributed by atoms with E-state index in [1.165, 1.54) is 0 Å². The van der Waals surface area contributed by atoms with Crippen LogP contribution in [0.5, 0.6) is 0 Å². The molecule has 1 fully saturated rings. The van der Waals surface area contributed by atoms with Crippen molar-refractivity contribution in [1.29, 1.82) is 0 Å². The quantitative estimate of drug-likeness (QED) is 0.850. The van der Waals surface area contributed by atoms with Crippen molar-refractivity contribution in [3.63, 3.8) is 0 Å². The van der Waals surface area contributed by atoms with Crippen molar-refractivity contribution in [2.24, 2.45) is 0 Å². The number of rotatable bonds is 2. The van der Waals surface area contributed by atoms with Crippen molar-refractivity contribution in [3.8, 4) is 0 Å². The van der Waals surface area contributed by atoms with Crippen LogP contribution in [0.1, 0.15) is 12.8 Å². The minimum absolute atomic E-state index is 0.0616. The molecule has 21 heavy (non-hydrogen) atoms. The largest absolute Gasteiger partial charge is 0.436 e. The van der Waals surface area contributed by atoms with Crippen LogP contribution in [-0.4, -0.2) is 28.0 Å². The molecule has 106 valence electrons. The van der Waals surface area contributed by atoms with Gasteiger partial charge in [-0.25, -0.2) is 4.79 Å². The van der Waals surface area contributed by atoms with Crippen LogP contribution in [0, 0.1) is 0 Å². The molecule has 1 aliphatic heterocycles. The Hall–Kier alpha value is -2.96. The lowest BCUT2D eigenvalue weighted by atomic mass is 10.1. The van der Waals surface area contributed by atoms with Crippen molar-refractivity contribution in [2.75, 3.05) is 5.32 Å². The molecule has 0 radical (unpaired) electrons. The normalized spacial score (nSPS) is 14.6. The zero-order valence-electron chi connectivity index (χ0n) is 10.9. The van der Waals surface area contributed by atoms with Gasteiger partial charge in [0.05, 0.1) is 5.69 Å². The number of carbonyl (C=O) groups is 3. The second-order valence-corrected chi connectivity index (χ2v) is 4.49. The average Bonchev–Trinajstić information content (AvgIpc) is 2.79. The summed E-state index contributed by atoms with van der Waals surface area (Å²) >= 11 is 0. The highest BCUT2D eigenvalue weighted by molar-refractivity contribution is 6.03. The molecule has 0 atom stereocenters. The van der Waals surface area contributed by atoms with Crippen LogP contribution in [0.15, 0.2) is 36.7 Å². The number of fused-ring (bicyclic) bond motifs is 1. The minimum atomic E-state index is -0.886. The molecule has 0 unspecified atom stereocenters. The first-order valence-corrected chi connectivity index (χ1v) is 6.32. The fraction of sp³-hybridized carbons (Fsp3) is 0.143. The summed E-state index contributed by atoms with van der Waals surface area (Å²) in [6.45, 7) is 0. The number of aromatic nitrogens is 1. The lowest BCUT2D eigenvalue weighted by Gasteiger charge is -2.14. The van der Waals surface area contributed by atoms with E-state index in [1.54, 1.807) is 30.6 Å². The molecular weight excluding hydrogens is 274 g/mol. The van der Waals surface area contributed by atoms with Crippen molar-refractivity contribution in [1.82, 2.24) is 10.0 Å². The highest BCUT2D eigenvalue weighted by Gasteiger charge is 2.32. The first-order chi connectivity index (χ1) is 10.1. The number of carbonyl (C=O) groups excluding carboxylic acids is 3. The topological polar surface area (TPSA) is 88.6 Å². The molecule has 3 amide bonds. The molecule has 1 aromatic carbocycles. The Balaban J connectivity index is 1.78. The van der Waals surface area contributed by atoms with Gasteiger partial charge in [0.15, 0.2) is 0 Å². The summed E-state index contributed by atoms with van der Waals surface area (Å²) in [6, 6.07) is 7.05. The fourth-order valence-corrected chi connectivity index (χ4v) is 2.11. The molecule has 0 saturated carbocycles. The number of anilines is 1. The van der Waals surface area contributed by atoms with E-state index in [-0.39, 0.29) is 12.8 Å². The molecule has 3 rings (SSSR count). The van der Waals surface area contributed by atoms with Gasteiger partial charge in [0.25, 0.3) is 11.8 Å². The summed E-state index contributed by atoms with van der Waals surface area (Å²) in [7, 11) is 0. The second kappa shape index (κ2) is 5.20. The van der Waals surface area contributed by atoms with Gasteiger partial charge in [0.2, 0.25) is 0 Å². The van der Waals surface area contributed by atoms with E-state index < -0.39 is 17.9 Å². The molecular formula is C14H11N3O4. The van der Waals surface area contributed by atoms with Crippen molar-refractivity contribution in [2.45, 2.75) is 12.8 Å². The van der Waals surface area contributed by atoms with Gasteiger partial charge < -0.3 is 4.84 Å². The third kappa shape index (κ3) is 2.53. The number of benzene rings is 1. The average molecular weight is 285 g/mol. The van der Waals surface area contributed by atoms with E-state index >= 15 is 0 Å². The number of nitrogens with zero attached hydrogens (tertiary/aromatic N) is 2. The van der Waals surface area contributed by atoms with Crippen molar-refractivity contribution < 1.29 is 19.2 Å². The highest BCUT2D eigenvalue weighted by Crippen LogP contribution is 2.22. The van der Waals surface area contributed by atoms with Gasteiger partial charge in [-0.05, 0) is 12.1 Å². The van der Waals surface area contributed by atoms with Crippen molar-refractivity contribution >= 4 is 34.4 Å². The third-order valence-electron chi connectivity index (χ3n) is 3.10. The minimum Gasteiger partial charge on any atom is -0.311 e. The third-order valence-corrected chi connectivity index (χ3v) is 3.10. The van der Waals surface area contributed by atoms with E-state index in [1.807, 2.05) is 6.07 Å². The molecule has 1 aromatic heterocycles. The molecule has 2 aromatic rings. The summed E-state index contributed by atoms with van der Waals surface area (Å²) < 4.78 is 0. The fourth-order valence-electron chi connectivity index (χ4n) is 2.11. The van der Waals surface area contributed by atoms with E-state index in [9.17, 15) is 14.4 Å². The van der Waals surface area contributed by atoms with Gasteiger partial charge in [0, 0.05) is 36.0 Å². The van der Waals surface area contributed by atoms with Gasteiger partial charge in [-0.2, -0.15) is 0 Å². The second-order valence-electron chi connectivity index (χ2n) is 4.49. The van der Waals surface area contributed by atoms with Crippen LogP contribution in [0.2, 0.25) is 0 Å². The smallest absolute Gasteiger partial charge is 0.311 e. The Morgan fingerprint density at radius 2 is 1.95 bits per heavy atom. The Labute approximate surface area is 119 Å². The summed E-state index contributed by atoms with van der Waals surface area (Å²) in [5.74, 6) is -1.03. The zero-order valence-corrected chi connectivity index (χ0v) is 10.9. The van der Waals surface area contributed by atoms with Gasteiger partial charge in [-0.1, -0.05) is 12.1 Å². The van der Waals surface area contributed by atoms with Crippen molar-refractivity contribution in [3.05, 3.63) is 36.7 Å². The number of hydrogen-bond acceptors (Lipinski definition) is 5. The Morgan fingerprint density at radius 3 is 2.71 bits per heavy atom. The van der Waals surface area contributed by atoms with Gasteiger partial charge in [-0.3, -0.25) is 19.9 Å². The van der Waals surface area contributed by atoms with E-state index in [4.69, 9.17) is 4.84 Å². The van der Waals surface area contributed by atoms with Crippen LogP contribution < -0.4 is 5.32 Å². The molecule has 2 heterocycles. The van der Waals surface area contributed by atoms with Gasteiger partial charge in [-0.15, -0.1) is 5.06 Å². The van der Waals surface area contributed by atoms with Crippen LogP contribution in [0.4, 0.5) is 10.5 Å². The maximum Gasteiger partial charge on any atom is 0.436 e. The van der Waals surface area contributed by atoms with Crippen LogP contribution >= 0.6 is 0 Å². The lowest BCUT2D eigenvalue weighted by molar-refractivity contribution is -0.170. The maximum atomic E-state index is 11.8. The molecule has 1 N–H and O–H groups in total. The summed E-state index contributed by atoms with van der Waals surface area (Å²) in [6.07, 6.45) is 2.51. The predicted octanol–water partition coefficient (Wildman–Crippen LogP) is 1.85. The number of hydroxylamine groups is 2. The highest BCUT2D eigenvalue weighted by atomic mass is 16.7. The number of pyridine rings is 1. The first-order valence-electron chi connectivity index (χ1n) is 6.32. The maximum absolute atomic E-state index is 11.8. The number of amides is 3. The van der Waals surface area contributed by atoms with Gasteiger partial charge >= 0.3 is 6.09 Å². The molecule has 1 aliphatic rings. The van der Waals surface area contributed by atoms with E-state index in [0.29, 0.717) is 10.8 Å². The molecule has 7 heteroatoms. The monoisotopic (exact) mass is 285 g/mol. The summed E-state index contributed by atoms with van der Waals surface area (Å²) in [5.41, 5.74) is 0.513.